The molecule has 0 heterocycles. The van der Waals surface area contributed by atoms with Crippen LogP contribution < -0.4 is 9.79 Å². The van der Waals surface area contributed by atoms with E-state index < -0.39 is 15.6 Å². The standard InChI is InChI=1S/2C16H35O4P.Mg/c2*1-3-5-7-9-11-13-15-19-21(17,18)20-16-14-12-10-8-6-4-2;/h2*3-16H2,1-2H3,(H,17,18);/q;;+2/p-2. The van der Waals surface area contributed by atoms with Crippen LogP contribution in [-0.2, 0) is 27.2 Å². The molecule has 0 saturated heterocycles. The molecule has 0 N–H and O–H groups in total. The molecular weight excluding hydrogens is 599 g/mol. The molecule has 0 atom stereocenters. The van der Waals surface area contributed by atoms with Crippen LogP contribution >= 0.6 is 15.6 Å². The summed E-state index contributed by atoms with van der Waals surface area (Å²) in [7, 11) is -8.13. The Morgan fingerprint density at radius 1 is 0.349 bits per heavy atom. The summed E-state index contributed by atoms with van der Waals surface area (Å²) in [5.41, 5.74) is 0. The van der Waals surface area contributed by atoms with Crippen LogP contribution in [0, 0.1) is 0 Å². The van der Waals surface area contributed by atoms with E-state index in [2.05, 4.69) is 27.7 Å². The molecule has 0 aromatic carbocycles. The van der Waals surface area contributed by atoms with Crippen LogP contribution in [0.1, 0.15) is 182 Å². The first-order valence-electron chi connectivity index (χ1n) is 17.4. The van der Waals surface area contributed by atoms with Crippen LogP contribution in [0.25, 0.3) is 0 Å². The van der Waals surface area contributed by atoms with Crippen LogP contribution in [0.4, 0.5) is 0 Å². The van der Waals surface area contributed by atoms with E-state index in [1.54, 1.807) is 0 Å². The third kappa shape index (κ3) is 43.0. The van der Waals surface area contributed by atoms with E-state index in [4.69, 9.17) is 18.1 Å². The third-order valence-electron chi connectivity index (χ3n) is 6.99. The smallest absolute Gasteiger partial charge is 0.756 e. The first-order valence-corrected chi connectivity index (χ1v) is 20.4. The molecule has 0 aromatic heterocycles. The summed E-state index contributed by atoms with van der Waals surface area (Å²) < 4.78 is 42.4. The fraction of sp³-hybridized carbons (Fsp3) is 1.00. The van der Waals surface area contributed by atoms with Gasteiger partial charge in [-0.15, -0.1) is 0 Å². The Labute approximate surface area is 282 Å². The number of hydrogen-bond acceptors (Lipinski definition) is 8. The van der Waals surface area contributed by atoms with Gasteiger partial charge in [-0.1, -0.05) is 156 Å². The molecule has 0 saturated carbocycles. The van der Waals surface area contributed by atoms with Crippen molar-refractivity contribution in [1.82, 2.24) is 0 Å². The molecule has 43 heavy (non-hydrogen) atoms. The molecule has 0 amide bonds. The van der Waals surface area contributed by atoms with Gasteiger partial charge in [0.05, 0.1) is 26.4 Å². The van der Waals surface area contributed by atoms with Crippen molar-refractivity contribution in [2.24, 2.45) is 0 Å². The molecule has 8 nitrogen and oxygen atoms in total. The fourth-order valence-electron chi connectivity index (χ4n) is 4.31. The van der Waals surface area contributed by atoms with Gasteiger partial charge in [0, 0.05) is 0 Å². The Balaban J connectivity index is -0.000000727. The van der Waals surface area contributed by atoms with Crippen molar-refractivity contribution in [3.8, 4) is 0 Å². The molecule has 256 valence electrons. The molecule has 0 fully saturated rings. The summed E-state index contributed by atoms with van der Waals surface area (Å²) in [4.78, 5) is 23.0. The fourth-order valence-corrected chi connectivity index (χ4v) is 5.87. The molecule has 0 aromatic rings. The van der Waals surface area contributed by atoms with E-state index in [1.165, 1.54) is 77.0 Å². The maximum atomic E-state index is 11.5. The van der Waals surface area contributed by atoms with Gasteiger partial charge >= 0.3 is 23.1 Å². The monoisotopic (exact) mass is 666 g/mol. The summed E-state index contributed by atoms with van der Waals surface area (Å²) in [6.07, 6.45) is 26.6. The van der Waals surface area contributed by atoms with Gasteiger partial charge in [0.15, 0.2) is 0 Å². The SMILES string of the molecule is CCCCCCCCOP(=O)([O-])OCCCCCCCC.CCCCCCCCOP(=O)([O-])OCCCCCCCC.[Mg+2]. The molecule has 0 rings (SSSR count). The van der Waals surface area contributed by atoms with Gasteiger partial charge < -0.3 is 27.9 Å². The normalized spacial score (nSPS) is 11.7. The number of rotatable bonds is 32. The predicted octanol–water partition coefficient (Wildman–Crippen LogP) is 10.0. The van der Waals surface area contributed by atoms with Crippen molar-refractivity contribution in [1.29, 1.82) is 0 Å². The summed E-state index contributed by atoms with van der Waals surface area (Å²) in [5, 5.41) is 0. The van der Waals surface area contributed by atoms with Crippen molar-refractivity contribution in [3.63, 3.8) is 0 Å². The second-order valence-electron chi connectivity index (χ2n) is 11.3. The van der Waals surface area contributed by atoms with Gasteiger partial charge in [-0.05, 0) is 25.7 Å². The zero-order valence-electron chi connectivity index (χ0n) is 28.7. The van der Waals surface area contributed by atoms with Gasteiger partial charge in [0.1, 0.15) is 0 Å². The average molecular weight is 667 g/mol. The van der Waals surface area contributed by atoms with Crippen molar-refractivity contribution in [3.05, 3.63) is 0 Å². The zero-order chi connectivity index (χ0) is 31.6. The number of unbranched alkanes of at least 4 members (excludes halogenated alkanes) is 20. The van der Waals surface area contributed by atoms with Gasteiger partial charge in [-0.25, -0.2) is 0 Å². The Hall–Kier alpha value is 0.986. The predicted molar refractivity (Wildman–Crippen MR) is 178 cm³/mol. The van der Waals surface area contributed by atoms with E-state index >= 15 is 0 Å². The van der Waals surface area contributed by atoms with Crippen molar-refractivity contribution >= 4 is 38.7 Å². The second kappa shape index (κ2) is 37.4. The van der Waals surface area contributed by atoms with Gasteiger partial charge in [-0.2, -0.15) is 0 Å². The quantitative estimate of drug-likeness (QED) is 0.0395. The largest absolute Gasteiger partial charge is 2.00 e. The summed E-state index contributed by atoms with van der Waals surface area (Å²) in [5.74, 6) is 0. The first kappa shape index (κ1) is 48.4. The third-order valence-corrected chi connectivity index (χ3v) is 8.98. The van der Waals surface area contributed by atoms with E-state index in [9.17, 15) is 18.9 Å². The van der Waals surface area contributed by atoms with Crippen LogP contribution in [0.2, 0.25) is 0 Å². The molecule has 0 unspecified atom stereocenters. The Morgan fingerprint density at radius 2 is 0.512 bits per heavy atom. The topological polar surface area (TPSA) is 117 Å². The molecule has 0 bridgehead atoms. The number of phosphoric acid groups is 2. The maximum Gasteiger partial charge on any atom is 2.00 e. The Morgan fingerprint density at radius 3 is 0.698 bits per heavy atom. The maximum absolute atomic E-state index is 11.5. The van der Waals surface area contributed by atoms with E-state index in [-0.39, 0.29) is 49.5 Å². The second-order valence-corrected chi connectivity index (χ2v) is 14.1. The van der Waals surface area contributed by atoms with Crippen molar-refractivity contribution in [2.75, 3.05) is 26.4 Å². The van der Waals surface area contributed by atoms with Crippen molar-refractivity contribution < 1.29 is 37.0 Å². The van der Waals surface area contributed by atoms with Gasteiger partial charge in [0.25, 0.3) is 15.6 Å². The molecule has 0 aliphatic rings. The molecule has 0 aliphatic carbocycles. The van der Waals surface area contributed by atoms with Gasteiger partial charge in [0.2, 0.25) is 0 Å². The Bertz CT molecular complexity index is 532. The minimum atomic E-state index is -4.07. The zero-order valence-corrected chi connectivity index (χ0v) is 31.9. The number of phosphoric ester groups is 2. The van der Waals surface area contributed by atoms with E-state index in [1.807, 2.05) is 0 Å². The minimum absolute atomic E-state index is 0. The molecule has 0 spiro atoms. The molecule has 11 heteroatoms. The minimum Gasteiger partial charge on any atom is -0.756 e. The summed E-state index contributed by atoms with van der Waals surface area (Å²) in [6, 6.07) is 0. The first-order chi connectivity index (χ1) is 20.2. The summed E-state index contributed by atoms with van der Waals surface area (Å²) >= 11 is 0. The van der Waals surface area contributed by atoms with Crippen molar-refractivity contribution in [2.45, 2.75) is 182 Å². The number of hydrogen-bond donors (Lipinski definition) is 0. The van der Waals surface area contributed by atoms with Crippen LogP contribution in [0.3, 0.4) is 0 Å². The molecule has 0 radical (unpaired) electrons. The Kier molecular flexibility index (Phi) is 42.1. The summed E-state index contributed by atoms with van der Waals surface area (Å²) in [6.45, 7) is 9.73. The van der Waals surface area contributed by atoms with Gasteiger partial charge in [-0.3, -0.25) is 9.13 Å². The van der Waals surface area contributed by atoms with E-state index in [0.29, 0.717) is 0 Å². The van der Waals surface area contributed by atoms with Crippen LogP contribution in [-0.4, -0.2) is 49.5 Å². The van der Waals surface area contributed by atoms with E-state index in [0.717, 1.165) is 77.0 Å². The van der Waals surface area contributed by atoms with Crippen LogP contribution in [0.5, 0.6) is 0 Å². The molecule has 0 aliphatic heterocycles. The van der Waals surface area contributed by atoms with Crippen LogP contribution in [0.15, 0.2) is 0 Å². The average Bonchev–Trinajstić information content (AvgIpc) is 2.95. The molecular formula is C32H68MgO8P2.